The Labute approximate surface area is 77.6 Å². The largest absolute Gasteiger partial charge is 0.399 e. The third kappa shape index (κ3) is 1.43. The number of hydrogen-bond acceptors (Lipinski definition) is 1. The van der Waals surface area contributed by atoms with Crippen LogP contribution < -0.4 is 5.73 Å². The highest BCUT2D eigenvalue weighted by molar-refractivity contribution is 5.62. The second-order valence-electron chi connectivity index (χ2n) is 3.13. The molecule has 0 fully saturated rings. The van der Waals surface area contributed by atoms with Crippen LogP contribution >= 0.6 is 0 Å². The van der Waals surface area contributed by atoms with Gasteiger partial charge in [0.15, 0.2) is 0 Å². The Hall–Kier alpha value is -1.70. The van der Waals surface area contributed by atoms with E-state index in [-0.39, 0.29) is 0 Å². The number of nitrogens with zero attached hydrogens (tertiary/aromatic N) is 1. The standard InChI is InChI=1S/C11H12N2/c1-13-8-2-3-11(13)9-4-6-10(12)7-5-9/h2-8H,12H2,1H3. The van der Waals surface area contributed by atoms with Gasteiger partial charge < -0.3 is 10.3 Å². The van der Waals surface area contributed by atoms with Gasteiger partial charge in [0.05, 0.1) is 0 Å². The monoisotopic (exact) mass is 172 g/mol. The normalized spacial score (nSPS) is 10.2. The van der Waals surface area contributed by atoms with Gasteiger partial charge in [-0.1, -0.05) is 12.1 Å². The first kappa shape index (κ1) is 7.92. The van der Waals surface area contributed by atoms with Gasteiger partial charge in [-0.15, -0.1) is 0 Å². The van der Waals surface area contributed by atoms with Gasteiger partial charge in [0.1, 0.15) is 0 Å². The van der Waals surface area contributed by atoms with Gasteiger partial charge >= 0.3 is 0 Å². The second-order valence-corrected chi connectivity index (χ2v) is 3.13. The summed E-state index contributed by atoms with van der Waals surface area (Å²) in [6.07, 6.45) is 2.03. The summed E-state index contributed by atoms with van der Waals surface area (Å²) in [5.41, 5.74) is 8.82. The molecule has 66 valence electrons. The highest BCUT2D eigenvalue weighted by Gasteiger charge is 1.99. The van der Waals surface area contributed by atoms with E-state index in [0.29, 0.717) is 0 Å². The van der Waals surface area contributed by atoms with Crippen LogP contribution in [0.3, 0.4) is 0 Å². The Morgan fingerprint density at radius 2 is 1.77 bits per heavy atom. The zero-order chi connectivity index (χ0) is 9.26. The summed E-state index contributed by atoms with van der Waals surface area (Å²) in [7, 11) is 2.03. The number of hydrogen-bond donors (Lipinski definition) is 1. The lowest BCUT2D eigenvalue weighted by molar-refractivity contribution is 0.937. The van der Waals surface area contributed by atoms with E-state index in [9.17, 15) is 0 Å². The molecule has 0 unspecified atom stereocenters. The van der Waals surface area contributed by atoms with Crippen LogP contribution in [-0.2, 0) is 7.05 Å². The van der Waals surface area contributed by atoms with Crippen molar-refractivity contribution in [2.75, 3.05) is 5.73 Å². The molecule has 0 amide bonds. The van der Waals surface area contributed by atoms with Crippen LogP contribution in [-0.4, -0.2) is 4.57 Å². The van der Waals surface area contributed by atoms with E-state index in [4.69, 9.17) is 5.73 Å². The summed E-state index contributed by atoms with van der Waals surface area (Å²) in [5.74, 6) is 0. The van der Waals surface area contributed by atoms with Crippen molar-refractivity contribution in [3.05, 3.63) is 42.6 Å². The molecule has 2 nitrogen and oxygen atoms in total. The van der Waals surface area contributed by atoms with Crippen LogP contribution in [0, 0.1) is 0 Å². The van der Waals surface area contributed by atoms with Crippen LogP contribution in [0.4, 0.5) is 5.69 Å². The fourth-order valence-electron chi connectivity index (χ4n) is 1.41. The molecule has 1 aromatic carbocycles. The maximum Gasteiger partial charge on any atom is 0.0477 e. The van der Waals surface area contributed by atoms with E-state index < -0.39 is 0 Å². The van der Waals surface area contributed by atoms with E-state index >= 15 is 0 Å². The molecule has 0 bridgehead atoms. The Morgan fingerprint density at radius 1 is 1.08 bits per heavy atom. The lowest BCUT2D eigenvalue weighted by Crippen LogP contribution is -1.89. The number of aromatic nitrogens is 1. The number of aryl methyl sites for hydroxylation is 1. The van der Waals surface area contributed by atoms with Gasteiger partial charge in [0.2, 0.25) is 0 Å². The molecule has 2 N–H and O–H groups in total. The summed E-state index contributed by atoms with van der Waals surface area (Å²) in [6, 6.07) is 12.0. The fourth-order valence-corrected chi connectivity index (χ4v) is 1.41. The third-order valence-corrected chi connectivity index (χ3v) is 2.15. The van der Waals surface area contributed by atoms with Crippen LogP contribution in [0.5, 0.6) is 0 Å². The average molecular weight is 172 g/mol. The Bertz CT molecular complexity index is 398. The van der Waals surface area contributed by atoms with Crippen molar-refractivity contribution in [3.63, 3.8) is 0 Å². The molecule has 2 rings (SSSR count). The molecule has 0 radical (unpaired) electrons. The fraction of sp³-hybridized carbons (Fsp3) is 0.0909. The predicted molar refractivity (Wildman–Crippen MR) is 55.3 cm³/mol. The summed E-state index contributed by atoms with van der Waals surface area (Å²) in [4.78, 5) is 0. The van der Waals surface area contributed by atoms with Crippen molar-refractivity contribution in [2.24, 2.45) is 7.05 Å². The van der Waals surface area contributed by atoms with Gasteiger partial charge in [0.25, 0.3) is 0 Å². The SMILES string of the molecule is Cn1cccc1-c1ccc(N)cc1. The Morgan fingerprint density at radius 3 is 2.31 bits per heavy atom. The van der Waals surface area contributed by atoms with Gasteiger partial charge in [0, 0.05) is 24.6 Å². The van der Waals surface area contributed by atoms with E-state index in [2.05, 4.69) is 10.6 Å². The van der Waals surface area contributed by atoms with E-state index in [0.717, 1.165) is 5.69 Å². The highest BCUT2D eigenvalue weighted by Crippen LogP contribution is 2.19. The molecule has 0 spiro atoms. The Balaban J connectivity index is 2.47. The topological polar surface area (TPSA) is 30.9 Å². The van der Waals surface area contributed by atoms with Crippen molar-refractivity contribution in [2.45, 2.75) is 0 Å². The van der Waals surface area contributed by atoms with Gasteiger partial charge in [-0.25, -0.2) is 0 Å². The van der Waals surface area contributed by atoms with Crippen LogP contribution in [0.25, 0.3) is 11.3 Å². The van der Waals surface area contributed by atoms with Crippen LogP contribution in [0.1, 0.15) is 0 Å². The molecule has 0 aliphatic rings. The molecule has 1 aromatic heterocycles. The second kappa shape index (κ2) is 2.98. The smallest absolute Gasteiger partial charge is 0.0477 e. The van der Waals surface area contributed by atoms with Crippen LogP contribution in [0.15, 0.2) is 42.6 Å². The minimum atomic E-state index is 0.804. The molecule has 0 atom stereocenters. The number of rotatable bonds is 1. The number of benzene rings is 1. The first-order valence-corrected chi connectivity index (χ1v) is 4.24. The van der Waals surface area contributed by atoms with E-state index in [1.54, 1.807) is 0 Å². The lowest BCUT2D eigenvalue weighted by atomic mass is 10.1. The minimum Gasteiger partial charge on any atom is -0.399 e. The molecule has 1 heterocycles. The van der Waals surface area contributed by atoms with Crippen LogP contribution in [0.2, 0.25) is 0 Å². The molecular formula is C11H12N2. The zero-order valence-electron chi connectivity index (χ0n) is 7.57. The summed E-state index contributed by atoms with van der Waals surface area (Å²) in [5, 5.41) is 0. The molecule has 0 saturated heterocycles. The third-order valence-electron chi connectivity index (χ3n) is 2.15. The first-order valence-electron chi connectivity index (χ1n) is 4.24. The summed E-state index contributed by atoms with van der Waals surface area (Å²) >= 11 is 0. The molecule has 2 heteroatoms. The lowest BCUT2D eigenvalue weighted by Gasteiger charge is -2.03. The summed E-state index contributed by atoms with van der Waals surface area (Å²) in [6.45, 7) is 0. The summed E-state index contributed by atoms with van der Waals surface area (Å²) < 4.78 is 2.09. The number of anilines is 1. The first-order chi connectivity index (χ1) is 6.27. The van der Waals surface area contributed by atoms with Crippen molar-refractivity contribution in [3.8, 4) is 11.3 Å². The predicted octanol–water partition coefficient (Wildman–Crippen LogP) is 2.27. The van der Waals surface area contributed by atoms with E-state index in [1.165, 1.54) is 11.3 Å². The Kier molecular flexibility index (Phi) is 1.81. The number of nitrogen functional groups attached to an aromatic ring is 1. The van der Waals surface area contributed by atoms with Crippen molar-refractivity contribution in [1.29, 1.82) is 0 Å². The maximum atomic E-state index is 5.61. The van der Waals surface area contributed by atoms with E-state index in [1.807, 2.05) is 43.6 Å². The zero-order valence-corrected chi connectivity index (χ0v) is 7.57. The van der Waals surface area contributed by atoms with Crippen molar-refractivity contribution >= 4 is 5.69 Å². The molecule has 2 aromatic rings. The molecule has 0 aliphatic heterocycles. The molecule has 0 saturated carbocycles. The minimum absolute atomic E-state index is 0.804. The van der Waals surface area contributed by atoms with Gasteiger partial charge in [-0.2, -0.15) is 0 Å². The molecular weight excluding hydrogens is 160 g/mol. The number of nitrogens with two attached hydrogens (primary N) is 1. The quantitative estimate of drug-likeness (QED) is 0.657. The molecule has 13 heavy (non-hydrogen) atoms. The average Bonchev–Trinajstić information content (AvgIpc) is 2.53. The van der Waals surface area contributed by atoms with Gasteiger partial charge in [-0.05, 0) is 29.8 Å². The highest BCUT2D eigenvalue weighted by atomic mass is 14.9. The van der Waals surface area contributed by atoms with Crippen molar-refractivity contribution in [1.82, 2.24) is 4.57 Å². The maximum absolute atomic E-state index is 5.61. The molecule has 0 aliphatic carbocycles. The van der Waals surface area contributed by atoms with Gasteiger partial charge in [-0.3, -0.25) is 0 Å². The van der Waals surface area contributed by atoms with Crippen molar-refractivity contribution < 1.29 is 0 Å².